The second kappa shape index (κ2) is 1.74. The molecule has 1 aliphatic heterocycles. The molecule has 1 atom stereocenters. The summed E-state index contributed by atoms with van der Waals surface area (Å²) in [5.74, 6) is 0.544. The van der Waals surface area contributed by atoms with Crippen molar-refractivity contribution in [2.75, 3.05) is 12.5 Å². The summed E-state index contributed by atoms with van der Waals surface area (Å²) in [4.78, 5) is 0. The van der Waals surface area contributed by atoms with Gasteiger partial charge in [-0.1, -0.05) is 6.58 Å². The van der Waals surface area contributed by atoms with Crippen molar-refractivity contribution in [2.45, 2.75) is 12.5 Å². The molecule has 0 bridgehead atoms. The van der Waals surface area contributed by atoms with Crippen LogP contribution in [0.25, 0.3) is 0 Å². The van der Waals surface area contributed by atoms with Gasteiger partial charge >= 0.3 is 0 Å². The molecule has 1 aliphatic rings. The van der Waals surface area contributed by atoms with Gasteiger partial charge in [0.2, 0.25) is 0 Å². The standard InChI is InChI=1S/C6H9ClO/c1-5(2)6(3-7)4-8-6/h1,3-4H2,2H3. The molecule has 0 amide bonds. The second-order valence-corrected chi connectivity index (χ2v) is 2.46. The van der Waals surface area contributed by atoms with E-state index < -0.39 is 0 Å². The molecule has 0 saturated carbocycles. The Bertz CT molecular complexity index is 116. The van der Waals surface area contributed by atoms with Gasteiger partial charge in [-0.3, -0.25) is 0 Å². The minimum Gasteiger partial charge on any atom is -0.364 e. The Hall–Kier alpha value is -0.0100. The van der Waals surface area contributed by atoms with Crippen molar-refractivity contribution in [2.24, 2.45) is 0 Å². The molecule has 46 valence electrons. The Morgan fingerprint density at radius 1 is 2.00 bits per heavy atom. The summed E-state index contributed by atoms with van der Waals surface area (Å²) in [5, 5.41) is 0. The number of ether oxygens (including phenoxy) is 1. The second-order valence-electron chi connectivity index (χ2n) is 2.20. The van der Waals surface area contributed by atoms with Crippen molar-refractivity contribution in [3.05, 3.63) is 12.2 Å². The van der Waals surface area contributed by atoms with Crippen LogP contribution in [0, 0.1) is 0 Å². The molecule has 0 aromatic rings. The van der Waals surface area contributed by atoms with Crippen LogP contribution in [0.4, 0.5) is 0 Å². The third-order valence-corrected chi connectivity index (χ3v) is 1.92. The minimum atomic E-state index is -0.137. The van der Waals surface area contributed by atoms with E-state index in [0.29, 0.717) is 5.88 Å². The van der Waals surface area contributed by atoms with Crippen LogP contribution >= 0.6 is 11.6 Å². The first kappa shape index (κ1) is 6.12. The number of rotatable bonds is 2. The number of hydrogen-bond acceptors (Lipinski definition) is 1. The van der Waals surface area contributed by atoms with Gasteiger partial charge < -0.3 is 4.74 Å². The first-order valence-electron chi connectivity index (χ1n) is 2.57. The minimum absolute atomic E-state index is 0.137. The zero-order chi connectivity index (χ0) is 6.20. The normalized spacial score (nSPS) is 34.8. The third kappa shape index (κ3) is 0.762. The smallest absolute Gasteiger partial charge is 0.125 e. The van der Waals surface area contributed by atoms with Gasteiger partial charge in [0.15, 0.2) is 0 Å². The van der Waals surface area contributed by atoms with Crippen LogP contribution in [0.2, 0.25) is 0 Å². The van der Waals surface area contributed by atoms with Crippen LogP contribution < -0.4 is 0 Å². The number of alkyl halides is 1. The van der Waals surface area contributed by atoms with E-state index in [1.165, 1.54) is 0 Å². The van der Waals surface area contributed by atoms with Gasteiger partial charge in [0, 0.05) is 0 Å². The molecule has 0 aromatic heterocycles. The van der Waals surface area contributed by atoms with Gasteiger partial charge in [0.05, 0.1) is 12.5 Å². The molecule has 1 heterocycles. The van der Waals surface area contributed by atoms with E-state index in [4.69, 9.17) is 16.3 Å². The highest BCUT2D eigenvalue weighted by atomic mass is 35.5. The molecule has 1 unspecified atom stereocenters. The lowest BCUT2D eigenvalue weighted by atomic mass is 10.1. The van der Waals surface area contributed by atoms with Crippen molar-refractivity contribution < 1.29 is 4.74 Å². The molecular formula is C6H9ClO. The Labute approximate surface area is 54.3 Å². The summed E-state index contributed by atoms with van der Waals surface area (Å²) in [7, 11) is 0. The molecule has 0 radical (unpaired) electrons. The molecule has 2 heteroatoms. The Balaban J connectivity index is 2.53. The lowest BCUT2D eigenvalue weighted by Gasteiger charge is -2.03. The Kier molecular flexibility index (Phi) is 1.33. The van der Waals surface area contributed by atoms with Crippen molar-refractivity contribution in [3.8, 4) is 0 Å². The molecule has 0 spiro atoms. The summed E-state index contributed by atoms with van der Waals surface area (Å²) in [5.41, 5.74) is 0.897. The SMILES string of the molecule is C=C(C)C1(CCl)CO1. The zero-order valence-corrected chi connectivity index (χ0v) is 5.66. The van der Waals surface area contributed by atoms with Crippen molar-refractivity contribution in [1.29, 1.82) is 0 Å². The van der Waals surface area contributed by atoms with Gasteiger partial charge in [0.1, 0.15) is 5.60 Å². The Morgan fingerprint density at radius 3 is 2.50 bits per heavy atom. The van der Waals surface area contributed by atoms with Gasteiger partial charge in [-0.05, 0) is 12.5 Å². The van der Waals surface area contributed by atoms with E-state index in [-0.39, 0.29) is 5.60 Å². The predicted octanol–water partition coefficient (Wildman–Crippen LogP) is 1.57. The summed E-state index contributed by atoms with van der Waals surface area (Å²) in [6, 6.07) is 0. The molecular weight excluding hydrogens is 124 g/mol. The third-order valence-electron chi connectivity index (χ3n) is 1.49. The molecule has 0 aliphatic carbocycles. The van der Waals surface area contributed by atoms with Crippen molar-refractivity contribution >= 4 is 11.6 Å². The van der Waals surface area contributed by atoms with E-state index in [0.717, 1.165) is 12.2 Å². The Morgan fingerprint density at radius 2 is 2.50 bits per heavy atom. The molecule has 1 rings (SSSR count). The lowest BCUT2D eigenvalue weighted by Crippen LogP contribution is -2.13. The average Bonchev–Trinajstić information content (AvgIpc) is 2.44. The fourth-order valence-corrected chi connectivity index (χ4v) is 0.907. The summed E-state index contributed by atoms with van der Waals surface area (Å²) in [6.07, 6.45) is 0. The first-order chi connectivity index (χ1) is 3.71. The maximum atomic E-state index is 5.56. The van der Waals surface area contributed by atoms with E-state index in [1.54, 1.807) is 0 Å². The fraction of sp³-hybridized carbons (Fsp3) is 0.667. The van der Waals surface area contributed by atoms with E-state index in [1.807, 2.05) is 6.92 Å². The quantitative estimate of drug-likeness (QED) is 0.316. The highest BCUT2D eigenvalue weighted by molar-refractivity contribution is 6.19. The van der Waals surface area contributed by atoms with Crippen LogP contribution in [-0.2, 0) is 4.74 Å². The van der Waals surface area contributed by atoms with Crippen LogP contribution in [0.3, 0.4) is 0 Å². The van der Waals surface area contributed by atoms with Crippen molar-refractivity contribution in [1.82, 2.24) is 0 Å². The maximum absolute atomic E-state index is 5.56. The predicted molar refractivity (Wildman–Crippen MR) is 34.2 cm³/mol. The van der Waals surface area contributed by atoms with E-state index >= 15 is 0 Å². The van der Waals surface area contributed by atoms with Gasteiger partial charge in [-0.15, -0.1) is 11.6 Å². The highest BCUT2D eigenvalue weighted by Gasteiger charge is 2.44. The van der Waals surface area contributed by atoms with E-state index in [2.05, 4.69) is 6.58 Å². The van der Waals surface area contributed by atoms with Crippen LogP contribution in [-0.4, -0.2) is 18.1 Å². The maximum Gasteiger partial charge on any atom is 0.125 e. The molecule has 8 heavy (non-hydrogen) atoms. The summed E-state index contributed by atoms with van der Waals surface area (Å²) in [6.45, 7) is 6.45. The highest BCUT2D eigenvalue weighted by Crippen LogP contribution is 2.34. The number of halogens is 1. The lowest BCUT2D eigenvalue weighted by molar-refractivity contribution is 0.361. The molecule has 0 N–H and O–H groups in total. The zero-order valence-electron chi connectivity index (χ0n) is 4.91. The van der Waals surface area contributed by atoms with Crippen molar-refractivity contribution in [3.63, 3.8) is 0 Å². The van der Waals surface area contributed by atoms with Gasteiger partial charge in [0.25, 0.3) is 0 Å². The van der Waals surface area contributed by atoms with Crippen LogP contribution in [0.5, 0.6) is 0 Å². The molecule has 1 fully saturated rings. The molecule has 1 nitrogen and oxygen atoms in total. The van der Waals surface area contributed by atoms with Crippen LogP contribution in [0.15, 0.2) is 12.2 Å². The topological polar surface area (TPSA) is 12.5 Å². The van der Waals surface area contributed by atoms with E-state index in [9.17, 15) is 0 Å². The summed E-state index contributed by atoms with van der Waals surface area (Å²) < 4.78 is 5.08. The largest absolute Gasteiger partial charge is 0.364 e. The number of hydrogen-bond donors (Lipinski definition) is 0. The van der Waals surface area contributed by atoms with Gasteiger partial charge in [-0.2, -0.15) is 0 Å². The average molecular weight is 133 g/mol. The number of epoxide rings is 1. The molecule has 0 aromatic carbocycles. The fourth-order valence-electron chi connectivity index (χ4n) is 0.525. The first-order valence-corrected chi connectivity index (χ1v) is 3.11. The van der Waals surface area contributed by atoms with Crippen LogP contribution in [0.1, 0.15) is 6.92 Å². The van der Waals surface area contributed by atoms with Gasteiger partial charge in [-0.25, -0.2) is 0 Å². The molecule has 1 saturated heterocycles. The summed E-state index contributed by atoms with van der Waals surface area (Å²) >= 11 is 5.56. The monoisotopic (exact) mass is 132 g/mol.